The third-order valence-corrected chi connectivity index (χ3v) is 3.02. The molecule has 0 fully saturated rings. The van der Waals surface area contributed by atoms with Gasteiger partial charge in [0.25, 0.3) is 0 Å². The molecule has 0 heterocycles. The van der Waals surface area contributed by atoms with Crippen LogP contribution < -0.4 is 5.32 Å². The summed E-state index contributed by atoms with van der Waals surface area (Å²) in [5, 5.41) is 11.5. The average molecular weight is 370 g/mol. The number of anilines is 1. The van der Waals surface area contributed by atoms with Gasteiger partial charge in [0.2, 0.25) is 0 Å². The maximum absolute atomic E-state index is 10.3. The Labute approximate surface area is 104 Å². The van der Waals surface area contributed by atoms with Crippen LogP contribution in [0.1, 0.15) is 6.42 Å². The maximum Gasteiger partial charge on any atom is 0.305 e. The highest BCUT2D eigenvalue weighted by Gasteiger charge is 2.01. The predicted molar refractivity (Wildman–Crippen MR) is 67.6 cm³/mol. The van der Waals surface area contributed by atoms with Crippen LogP contribution >= 0.6 is 38.5 Å². The topological polar surface area (TPSA) is 49.3 Å². The molecule has 0 amide bonds. The quantitative estimate of drug-likeness (QED) is 0.802. The van der Waals surface area contributed by atoms with E-state index in [1.807, 2.05) is 18.2 Å². The Morgan fingerprint density at radius 1 is 1.57 bits per heavy atom. The van der Waals surface area contributed by atoms with Gasteiger partial charge in [-0.05, 0) is 40.8 Å². The fourth-order valence-electron chi connectivity index (χ4n) is 0.937. The monoisotopic (exact) mass is 369 g/mol. The highest BCUT2D eigenvalue weighted by Crippen LogP contribution is 2.22. The number of hydrogen-bond acceptors (Lipinski definition) is 2. The Morgan fingerprint density at radius 2 is 2.29 bits per heavy atom. The molecule has 0 aliphatic heterocycles. The second-order valence-corrected chi connectivity index (χ2v) is 4.77. The molecular weight excluding hydrogens is 361 g/mol. The van der Waals surface area contributed by atoms with Gasteiger partial charge in [-0.2, -0.15) is 0 Å². The van der Waals surface area contributed by atoms with Crippen molar-refractivity contribution < 1.29 is 9.90 Å². The standard InChI is InChI=1S/C9H9BrINO2/c10-6-1-2-7(11)8(5-6)12-4-3-9(13)14/h1-2,5,12H,3-4H2,(H,13,14). The number of carboxylic acids is 1. The second kappa shape index (κ2) is 5.55. The first-order valence-electron chi connectivity index (χ1n) is 4.00. The second-order valence-electron chi connectivity index (χ2n) is 2.69. The Kier molecular flexibility index (Phi) is 4.67. The van der Waals surface area contributed by atoms with Gasteiger partial charge in [-0.25, -0.2) is 0 Å². The van der Waals surface area contributed by atoms with Crippen molar-refractivity contribution in [2.45, 2.75) is 6.42 Å². The van der Waals surface area contributed by atoms with Crippen LogP contribution in [0.3, 0.4) is 0 Å². The SMILES string of the molecule is O=C(O)CCNc1cc(Br)ccc1I. The van der Waals surface area contributed by atoms with Gasteiger partial charge in [0.05, 0.1) is 6.42 Å². The summed E-state index contributed by atoms with van der Waals surface area (Å²) in [5.74, 6) is -0.789. The zero-order valence-electron chi connectivity index (χ0n) is 7.26. The summed E-state index contributed by atoms with van der Waals surface area (Å²) >= 11 is 5.56. The molecule has 0 aliphatic rings. The van der Waals surface area contributed by atoms with E-state index >= 15 is 0 Å². The number of aliphatic carboxylic acids is 1. The Morgan fingerprint density at radius 3 is 2.93 bits per heavy atom. The molecule has 1 aromatic rings. The maximum atomic E-state index is 10.3. The molecule has 0 saturated carbocycles. The van der Waals surface area contributed by atoms with Crippen molar-refractivity contribution >= 4 is 50.2 Å². The molecule has 5 heteroatoms. The van der Waals surface area contributed by atoms with E-state index in [1.54, 1.807) is 0 Å². The fraction of sp³-hybridized carbons (Fsp3) is 0.222. The zero-order chi connectivity index (χ0) is 10.6. The summed E-state index contributed by atoms with van der Waals surface area (Å²) in [6.45, 7) is 0.446. The molecule has 0 aliphatic carbocycles. The number of halogens is 2. The third kappa shape index (κ3) is 3.83. The van der Waals surface area contributed by atoms with E-state index in [4.69, 9.17) is 5.11 Å². The van der Waals surface area contributed by atoms with E-state index in [1.165, 1.54) is 0 Å². The molecule has 0 radical (unpaired) electrons. The van der Waals surface area contributed by atoms with Gasteiger partial charge in [0.1, 0.15) is 0 Å². The van der Waals surface area contributed by atoms with Gasteiger partial charge < -0.3 is 10.4 Å². The normalized spacial score (nSPS) is 9.86. The van der Waals surface area contributed by atoms with E-state index in [-0.39, 0.29) is 6.42 Å². The average Bonchev–Trinajstić information content (AvgIpc) is 2.10. The number of rotatable bonds is 4. The zero-order valence-corrected chi connectivity index (χ0v) is 11.0. The number of nitrogens with one attached hydrogen (secondary N) is 1. The fourth-order valence-corrected chi connectivity index (χ4v) is 1.82. The van der Waals surface area contributed by atoms with Crippen molar-refractivity contribution in [3.05, 3.63) is 26.2 Å². The van der Waals surface area contributed by atoms with Crippen molar-refractivity contribution in [1.82, 2.24) is 0 Å². The predicted octanol–water partition coefficient (Wildman–Crippen LogP) is 2.94. The molecule has 3 nitrogen and oxygen atoms in total. The van der Waals surface area contributed by atoms with E-state index in [2.05, 4.69) is 43.8 Å². The van der Waals surface area contributed by atoms with Crippen LogP contribution in [-0.4, -0.2) is 17.6 Å². The van der Waals surface area contributed by atoms with Crippen molar-refractivity contribution in [2.75, 3.05) is 11.9 Å². The first kappa shape index (κ1) is 11.8. The smallest absolute Gasteiger partial charge is 0.305 e. The summed E-state index contributed by atoms with van der Waals surface area (Å²) in [6.07, 6.45) is 0.128. The lowest BCUT2D eigenvalue weighted by atomic mass is 10.3. The summed E-state index contributed by atoms with van der Waals surface area (Å²) in [4.78, 5) is 10.3. The van der Waals surface area contributed by atoms with Crippen LogP contribution in [0.5, 0.6) is 0 Å². The molecule has 14 heavy (non-hydrogen) atoms. The molecule has 0 spiro atoms. The van der Waals surface area contributed by atoms with Gasteiger partial charge in [0, 0.05) is 20.3 Å². The van der Waals surface area contributed by atoms with E-state index in [0.717, 1.165) is 13.7 Å². The summed E-state index contributed by atoms with van der Waals surface area (Å²) in [6, 6.07) is 5.85. The lowest BCUT2D eigenvalue weighted by Crippen LogP contribution is -2.08. The minimum absolute atomic E-state index is 0.128. The largest absolute Gasteiger partial charge is 0.481 e. The summed E-state index contributed by atoms with van der Waals surface area (Å²) < 4.78 is 2.06. The third-order valence-electron chi connectivity index (χ3n) is 1.58. The van der Waals surface area contributed by atoms with Gasteiger partial charge in [-0.15, -0.1) is 0 Å². The molecule has 0 aromatic heterocycles. The van der Waals surface area contributed by atoms with Crippen LogP contribution in [0.4, 0.5) is 5.69 Å². The molecular formula is C9H9BrINO2. The van der Waals surface area contributed by atoms with Gasteiger partial charge in [-0.3, -0.25) is 4.79 Å². The minimum Gasteiger partial charge on any atom is -0.481 e. The number of carboxylic acid groups (broad SMARTS) is 1. The Balaban J connectivity index is 2.57. The Bertz CT molecular complexity index is 344. The number of carbonyl (C=O) groups is 1. The van der Waals surface area contributed by atoms with Crippen molar-refractivity contribution in [2.24, 2.45) is 0 Å². The van der Waals surface area contributed by atoms with Crippen molar-refractivity contribution in [3.8, 4) is 0 Å². The number of hydrogen-bond donors (Lipinski definition) is 2. The molecule has 0 saturated heterocycles. The van der Waals surface area contributed by atoms with Crippen molar-refractivity contribution in [3.63, 3.8) is 0 Å². The van der Waals surface area contributed by atoms with Crippen LogP contribution in [-0.2, 0) is 4.79 Å². The van der Waals surface area contributed by atoms with Gasteiger partial charge >= 0.3 is 5.97 Å². The summed E-state index contributed by atoms with van der Waals surface area (Å²) in [5.41, 5.74) is 0.959. The van der Waals surface area contributed by atoms with Crippen molar-refractivity contribution in [1.29, 1.82) is 0 Å². The summed E-state index contributed by atoms with van der Waals surface area (Å²) in [7, 11) is 0. The van der Waals surface area contributed by atoms with Crippen LogP contribution in [0.15, 0.2) is 22.7 Å². The lowest BCUT2D eigenvalue weighted by molar-refractivity contribution is -0.136. The molecule has 0 bridgehead atoms. The Hall–Kier alpha value is -0.300. The molecule has 1 rings (SSSR count). The highest BCUT2D eigenvalue weighted by atomic mass is 127. The first-order valence-corrected chi connectivity index (χ1v) is 5.87. The van der Waals surface area contributed by atoms with Gasteiger partial charge in [-0.1, -0.05) is 15.9 Å². The molecule has 76 valence electrons. The van der Waals surface area contributed by atoms with Gasteiger partial charge in [0.15, 0.2) is 0 Å². The van der Waals surface area contributed by atoms with E-state index < -0.39 is 5.97 Å². The molecule has 0 atom stereocenters. The van der Waals surface area contributed by atoms with Crippen LogP contribution in [0.2, 0.25) is 0 Å². The van der Waals surface area contributed by atoms with E-state index in [9.17, 15) is 4.79 Å². The molecule has 1 aromatic carbocycles. The lowest BCUT2D eigenvalue weighted by Gasteiger charge is -2.07. The molecule has 2 N–H and O–H groups in total. The first-order chi connectivity index (χ1) is 6.59. The van der Waals surface area contributed by atoms with E-state index in [0.29, 0.717) is 6.54 Å². The highest BCUT2D eigenvalue weighted by molar-refractivity contribution is 14.1. The number of benzene rings is 1. The minimum atomic E-state index is -0.789. The van der Waals surface area contributed by atoms with Crippen LogP contribution in [0.25, 0.3) is 0 Å². The molecule has 0 unspecified atom stereocenters. The van der Waals surface area contributed by atoms with Crippen LogP contribution in [0, 0.1) is 3.57 Å².